The van der Waals surface area contributed by atoms with Gasteiger partial charge in [-0.25, -0.2) is 0 Å². The van der Waals surface area contributed by atoms with E-state index in [4.69, 9.17) is 0 Å². The van der Waals surface area contributed by atoms with Gasteiger partial charge < -0.3 is 0 Å². The molecule has 0 saturated carbocycles. The second-order valence-corrected chi connectivity index (χ2v) is 10.8. The summed E-state index contributed by atoms with van der Waals surface area (Å²) in [5, 5.41) is 19.4. The highest BCUT2D eigenvalue weighted by Gasteiger charge is 2.10. The number of nitrogens with zero attached hydrogens (tertiary/aromatic N) is 5. The lowest BCUT2D eigenvalue weighted by molar-refractivity contribution is 0.357. The van der Waals surface area contributed by atoms with Gasteiger partial charge in [0.05, 0.1) is 5.71 Å². The van der Waals surface area contributed by atoms with Crippen molar-refractivity contribution in [1.29, 1.82) is 0 Å². The van der Waals surface area contributed by atoms with Crippen molar-refractivity contribution in [1.82, 2.24) is 0 Å². The Kier molecular flexibility index (Phi) is 12.2. The summed E-state index contributed by atoms with van der Waals surface area (Å²) in [7, 11) is 0. The van der Waals surface area contributed by atoms with Gasteiger partial charge in [0.2, 0.25) is 0 Å². The summed E-state index contributed by atoms with van der Waals surface area (Å²) in [6.45, 7) is 14.6. The molecule has 0 aromatic rings. The van der Waals surface area contributed by atoms with Crippen molar-refractivity contribution < 1.29 is 0 Å². The standard InChI is InChI=1S/C12H23N3.C12H22N2/c1-12(2,3)9-7-5-4-6-8-11-10-13-15-14-11;1-12(2,3)9-6-4-5-7-11-8-10-13-14-11/h4-10H2,1-3H3;10H,4-9H2,1-3H3. The van der Waals surface area contributed by atoms with E-state index in [0.29, 0.717) is 10.8 Å². The summed E-state index contributed by atoms with van der Waals surface area (Å²) in [5.74, 6) is 0. The van der Waals surface area contributed by atoms with Crippen molar-refractivity contribution in [2.24, 2.45) is 36.5 Å². The van der Waals surface area contributed by atoms with Gasteiger partial charge in [0, 0.05) is 18.3 Å². The zero-order valence-corrected chi connectivity index (χ0v) is 20.0. The van der Waals surface area contributed by atoms with Crippen LogP contribution >= 0.6 is 0 Å². The van der Waals surface area contributed by atoms with E-state index < -0.39 is 0 Å². The van der Waals surface area contributed by atoms with Crippen LogP contribution in [-0.4, -0.2) is 24.2 Å². The second kappa shape index (κ2) is 13.8. The molecule has 0 atom stereocenters. The quantitative estimate of drug-likeness (QED) is 0.314. The number of rotatable bonds is 11. The van der Waals surface area contributed by atoms with Crippen molar-refractivity contribution in [3.05, 3.63) is 0 Å². The Morgan fingerprint density at radius 3 is 1.72 bits per heavy atom. The number of hydrogen-bond donors (Lipinski definition) is 0. The van der Waals surface area contributed by atoms with Crippen molar-refractivity contribution in [3.63, 3.8) is 0 Å². The molecular formula is C24H45N5. The Bertz CT molecular complexity index is 559. The zero-order chi connectivity index (χ0) is 21.6. The Labute approximate surface area is 179 Å². The van der Waals surface area contributed by atoms with E-state index in [1.807, 2.05) is 6.21 Å². The van der Waals surface area contributed by atoms with Crippen molar-refractivity contribution in [3.8, 4) is 0 Å². The van der Waals surface area contributed by atoms with Gasteiger partial charge in [-0.3, -0.25) is 0 Å². The molecule has 0 N–H and O–H groups in total. The largest absolute Gasteiger partial charge is 0.163 e. The summed E-state index contributed by atoms with van der Waals surface area (Å²) in [4.78, 5) is 0. The average molecular weight is 404 g/mol. The van der Waals surface area contributed by atoms with Crippen LogP contribution in [0.15, 0.2) is 25.6 Å². The molecule has 0 bridgehead atoms. The first-order valence-electron chi connectivity index (χ1n) is 11.7. The normalized spacial score (nSPS) is 15.9. The maximum Gasteiger partial charge on any atom is 0.102 e. The molecule has 0 amide bonds. The molecule has 0 aromatic carbocycles. The van der Waals surface area contributed by atoms with Gasteiger partial charge in [-0.15, -0.1) is 5.10 Å². The maximum absolute atomic E-state index is 4.07. The van der Waals surface area contributed by atoms with Gasteiger partial charge in [0.1, 0.15) is 6.54 Å². The van der Waals surface area contributed by atoms with Crippen LogP contribution in [0.3, 0.4) is 0 Å². The van der Waals surface area contributed by atoms with Gasteiger partial charge >= 0.3 is 0 Å². The van der Waals surface area contributed by atoms with E-state index in [-0.39, 0.29) is 0 Å². The first-order chi connectivity index (χ1) is 13.7. The van der Waals surface area contributed by atoms with Crippen LogP contribution in [-0.2, 0) is 0 Å². The van der Waals surface area contributed by atoms with Gasteiger partial charge in [-0.2, -0.15) is 15.3 Å². The minimum atomic E-state index is 0.493. The molecular weight excluding hydrogens is 358 g/mol. The molecule has 0 saturated heterocycles. The molecule has 0 aliphatic carbocycles. The third-order valence-corrected chi connectivity index (χ3v) is 5.14. The smallest absolute Gasteiger partial charge is 0.102 e. The van der Waals surface area contributed by atoms with Crippen molar-refractivity contribution in [2.45, 2.75) is 119 Å². The molecule has 0 spiro atoms. The van der Waals surface area contributed by atoms with E-state index in [1.54, 1.807) is 0 Å². The lowest BCUT2D eigenvalue weighted by Crippen LogP contribution is -2.04. The summed E-state index contributed by atoms with van der Waals surface area (Å²) in [6, 6.07) is 0. The topological polar surface area (TPSA) is 61.8 Å². The third kappa shape index (κ3) is 16.1. The number of unbranched alkanes of at least 4 members (excludes halogenated alkanes) is 5. The van der Waals surface area contributed by atoms with Gasteiger partial charge in [-0.05, 0) is 54.6 Å². The highest BCUT2D eigenvalue weighted by Crippen LogP contribution is 2.23. The lowest BCUT2D eigenvalue weighted by atomic mass is 9.89. The van der Waals surface area contributed by atoms with Crippen LogP contribution in [0.5, 0.6) is 0 Å². The maximum atomic E-state index is 4.07. The monoisotopic (exact) mass is 403 g/mol. The van der Waals surface area contributed by atoms with Crippen LogP contribution in [0.2, 0.25) is 0 Å². The predicted molar refractivity (Wildman–Crippen MR) is 127 cm³/mol. The molecule has 2 aliphatic rings. The SMILES string of the molecule is CC(C)(C)CCCCCC1=NN=CC1.CC(C)(C)CCCCCCC1=NN=NC1. The summed E-state index contributed by atoms with van der Waals surface area (Å²) < 4.78 is 0. The Hall–Kier alpha value is -1.39. The molecule has 29 heavy (non-hydrogen) atoms. The van der Waals surface area contributed by atoms with Crippen molar-refractivity contribution >= 4 is 17.6 Å². The molecule has 2 aliphatic heterocycles. The van der Waals surface area contributed by atoms with Crippen LogP contribution in [0, 0.1) is 10.8 Å². The van der Waals surface area contributed by atoms with E-state index >= 15 is 0 Å². The molecule has 0 aromatic heterocycles. The molecule has 2 rings (SSSR count). The molecule has 0 fully saturated rings. The second-order valence-electron chi connectivity index (χ2n) is 10.8. The Morgan fingerprint density at radius 1 is 0.690 bits per heavy atom. The fraction of sp³-hybridized carbons (Fsp3) is 0.875. The lowest BCUT2D eigenvalue weighted by Gasteiger charge is -2.17. The van der Waals surface area contributed by atoms with Crippen LogP contribution in [0.4, 0.5) is 0 Å². The van der Waals surface area contributed by atoms with Crippen LogP contribution < -0.4 is 0 Å². The summed E-state index contributed by atoms with van der Waals surface area (Å²) in [6.07, 6.45) is 17.0. The van der Waals surface area contributed by atoms with Gasteiger partial charge in [0.15, 0.2) is 0 Å². The fourth-order valence-electron chi connectivity index (χ4n) is 3.33. The molecule has 166 valence electrons. The average Bonchev–Trinajstić information content (AvgIpc) is 3.30. The highest BCUT2D eigenvalue weighted by molar-refractivity contribution is 5.98. The first kappa shape index (κ1) is 25.6. The Balaban J connectivity index is 0.000000291. The van der Waals surface area contributed by atoms with E-state index in [9.17, 15) is 0 Å². The predicted octanol–water partition coefficient (Wildman–Crippen LogP) is 8.01. The third-order valence-electron chi connectivity index (χ3n) is 5.14. The van der Waals surface area contributed by atoms with Crippen molar-refractivity contribution in [2.75, 3.05) is 6.54 Å². The molecule has 2 heterocycles. The molecule has 5 heteroatoms. The molecule has 0 unspecified atom stereocenters. The van der Waals surface area contributed by atoms with E-state index in [1.165, 1.54) is 63.5 Å². The molecule has 5 nitrogen and oxygen atoms in total. The van der Waals surface area contributed by atoms with Crippen LogP contribution in [0.1, 0.15) is 119 Å². The number of hydrogen-bond acceptors (Lipinski definition) is 5. The van der Waals surface area contributed by atoms with E-state index in [0.717, 1.165) is 31.5 Å². The van der Waals surface area contributed by atoms with Gasteiger partial charge in [-0.1, -0.05) is 73.6 Å². The molecule has 0 radical (unpaired) electrons. The van der Waals surface area contributed by atoms with Crippen LogP contribution in [0.25, 0.3) is 0 Å². The minimum Gasteiger partial charge on any atom is -0.163 e. The summed E-state index contributed by atoms with van der Waals surface area (Å²) >= 11 is 0. The first-order valence-corrected chi connectivity index (χ1v) is 11.7. The zero-order valence-electron chi connectivity index (χ0n) is 20.0. The minimum absolute atomic E-state index is 0.493. The highest BCUT2D eigenvalue weighted by atomic mass is 15.4. The summed E-state index contributed by atoms with van der Waals surface area (Å²) in [5.41, 5.74) is 3.41. The van der Waals surface area contributed by atoms with Gasteiger partial charge in [0.25, 0.3) is 0 Å². The fourth-order valence-corrected chi connectivity index (χ4v) is 3.33. The van der Waals surface area contributed by atoms with E-state index in [2.05, 4.69) is 67.2 Å². The Morgan fingerprint density at radius 2 is 1.24 bits per heavy atom.